The highest BCUT2D eigenvalue weighted by molar-refractivity contribution is 7.79. The lowest BCUT2D eigenvalue weighted by molar-refractivity contribution is 1.15. The van der Waals surface area contributed by atoms with Crippen molar-refractivity contribution >= 4 is 34.2 Å². The van der Waals surface area contributed by atoms with Crippen LogP contribution in [0.1, 0.15) is 18.1 Å². The zero-order chi connectivity index (χ0) is 12.5. The molecule has 3 aromatic carbocycles. The molecular formula is C17H16S. The number of aryl methyl sites for hydroxylation is 1. The number of fused-ring (bicyclic) bond motifs is 2. The summed E-state index contributed by atoms with van der Waals surface area (Å²) in [6.07, 6.45) is 1.09. The lowest BCUT2D eigenvalue weighted by atomic mass is 10.00. The molecule has 90 valence electrons. The van der Waals surface area contributed by atoms with Gasteiger partial charge in [0.25, 0.3) is 0 Å². The molecule has 0 unspecified atom stereocenters. The zero-order valence-electron chi connectivity index (χ0n) is 10.5. The topological polar surface area (TPSA) is 0 Å². The molecule has 0 atom stereocenters. The maximum Gasteiger partial charge on any atom is 0.0154 e. The molecule has 0 bridgehead atoms. The molecule has 0 spiro atoms. The Kier molecular flexibility index (Phi) is 3.00. The van der Waals surface area contributed by atoms with Crippen molar-refractivity contribution in [3.63, 3.8) is 0 Å². The van der Waals surface area contributed by atoms with E-state index in [1.54, 1.807) is 0 Å². The second-order valence-electron chi connectivity index (χ2n) is 4.73. The zero-order valence-corrected chi connectivity index (χ0v) is 11.4. The van der Waals surface area contributed by atoms with E-state index in [-0.39, 0.29) is 0 Å². The van der Waals surface area contributed by atoms with Gasteiger partial charge in [-0.2, -0.15) is 12.6 Å². The smallest absolute Gasteiger partial charge is 0.0154 e. The highest BCUT2D eigenvalue weighted by Gasteiger charge is 2.00. The summed E-state index contributed by atoms with van der Waals surface area (Å²) in [6, 6.07) is 17.9. The van der Waals surface area contributed by atoms with Crippen LogP contribution in [-0.4, -0.2) is 0 Å². The van der Waals surface area contributed by atoms with Crippen molar-refractivity contribution in [2.45, 2.75) is 19.1 Å². The number of benzene rings is 3. The average Bonchev–Trinajstić information content (AvgIpc) is 2.43. The molecule has 3 aromatic rings. The number of hydrogen-bond donors (Lipinski definition) is 1. The van der Waals surface area contributed by atoms with Gasteiger partial charge in [-0.05, 0) is 51.2 Å². The van der Waals surface area contributed by atoms with E-state index in [9.17, 15) is 0 Å². The Hall–Kier alpha value is -1.47. The van der Waals surface area contributed by atoms with Crippen LogP contribution in [-0.2, 0) is 12.2 Å². The maximum absolute atomic E-state index is 4.34. The molecule has 0 aliphatic heterocycles. The number of rotatable bonds is 2. The van der Waals surface area contributed by atoms with Crippen LogP contribution in [0.25, 0.3) is 21.5 Å². The molecule has 0 saturated heterocycles. The molecule has 0 amide bonds. The first-order valence-corrected chi connectivity index (χ1v) is 6.99. The normalized spacial score (nSPS) is 11.2. The quantitative estimate of drug-likeness (QED) is 0.482. The Bertz CT molecular complexity index is 650. The van der Waals surface area contributed by atoms with Gasteiger partial charge in [0.1, 0.15) is 0 Å². The third kappa shape index (κ3) is 1.99. The molecule has 0 fully saturated rings. The summed E-state index contributed by atoms with van der Waals surface area (Å²) < 4.78 is 0. The van der Waals surface area contributed by atoms with Crippen LogP contribution < -0.4 is 0 Å². The fourth-order valence-electron chi connectivity index (χ4n) is 2.41. The van der Waals surface area contributed by atoms with E-state index in [0.717, 1.165) is 12.2 Å². The summed E-state index contributed by atoms with van der Waals surface area (Å²) in [6.45, 7) is 2.20. The Morgan fingerprint density at radius 2 is 1.28 bits per heavy atom. The van der Waals surface area contributed by atoms with Crippen molar-refractivity contribution in [2.24, 2.45) is 0 Å². The van der Waals surface area contributed by atoms with Crippen LogP contribution in [0.5, 0.6) is 0 Å². The summed E-state index contributed by atoms with van der Waals surface area (Å²) in [7, 11) is 0. The molecule has 0 aliphatic carbocycles. The van der Waals surface area contributed by atoms with Crippen molar-refractivity contribution in [1.29, 1.82) is 0 Å². The Labute approximate surface area is 113 Å². The van der Waals surface area contributed by atoms with E-state index in [4.69, 9.17) is 0 Å². The predicted octanol–water partition coefficient (Wildman–Crippen LogP) is 4.99. The minimum absolute atomic E-state index is 0.794. The molecule has 0 radical (unpaired) electrons. The average molecular weight is 252 g/mol. The van der Waals surface area contributed by atoms with Crippen LogP contribution in [0.4, 0.5) is 0 Å². The monoisotopic (exact) mass is 252 g/mol. The lowest BCUT2D eigenvalue weighted by Gasteiger charge is -2.06. The van der Waals surface area contributed by atoms with Gasteiger partial charge in [0.05, 0.1) is 0 Å². The summed E-state index contributed by atoms with van der Waals surface area (Å²) in [5.74, 6) is 0.794. The van der Waals surface area contributed by atoms with Gasteiger partial charge in [0, 0.05) is 5.75 Å². The Balaban J connectivity index is 2.28. The van der Waals surface area contributed by atoms with E-state index >= 15 is 0 Å². The fourth-order valence-corrected chi connectivity index (χ4v) is 2.61. The van der Waals surface area contributed by atoms with Crippen molar-refractivity contribution in [3.05, 3.63) is 59.7 Å². The van der Waals surface area contributed by atoms with Crippen LogP contribution in [0, 0.1) is 0 Å². The number of thiol groups is 1. The first-order chi connectivity index (χ1) is 8.80. The highest BCUT2D eigenvalue weighted by Crippen LogP contribution is 2.25. The van der Waals surface area contributed by atoms with Crippen LogP contribution in [0.15, 0.2) is 48.5 Å². The molecule has 18 heavy (non-hydrogen) atoms. The van der Waals surface area contributed by atoms with Gasteiger partial charge in [-0.15, -0.1) is 0 Å². The molecular weight excluding hydrogens is 236 g/mol. The van der Waals surface area contributed by atoms with E-state index < -0.39 is 0 Å². The molecule has 1 heteroatoms. The molecule has 0 saturated carbocycles. The van der Waals surface area contributed by atoms with Crippen molar-refractivity contribution in [3.8, 4) is 0 Å². The van der Waals surface area contributed by atoms with E-state index in [0.29, 0.717) is 0 Å². The van der Waals surface area contributed by atoms with Gasteiger partial charge in [-0.25, -0.2) is 0 Å². The van der Waals surface area contributed by atoms with Gasteiger partial charge in [-0.3, -0.25) is 0 Å². The fraction of sp³-hybridized carbons (Fsp3) is 0.176. The van der Waals surface area contributed by atoms with Crippen LogP contribution >= 0.6 is 12.6 Å². The SMILES string of the molecule is CCc1ccc2cc3cc(CS)ccc3cc2c1. The molecule has 0 N–H and O–H groups in total. The van der Waals surface area contributed by atoms with E-state index in [1.807, 2.05) is 0 Å². The molecule has 0 nitrogen and oxygen atoms in total. The highest BCUT2D eigenvalue weighted by atomic mass is 32.1. The number of hydrogen-bond acceptors (Lipinski definition) is 1. The summed E-state index contributed by atoms with van der Waals surface area (Å²) in [5, 5.41) is 5.26. The molecule has 0 heterocycles. The second-order valence-corrected chi connectivity index (χ2v) is 5.04. The molecule has 3 rings (SSSR count). The van der Waals surface area contributed by atoms with E-state index in [1.165, 1.54) is 32.7 Å². The van der Waals surface area contributed by atoms with E-state index in [2.05, 4.69) is 68.1 Å². The molecule has 0 aliphatic rings. The van der Waals surface area contributed by atoms with Crippen molar-refractivity contribution in [1.82, 2.24) is 0 Å². The van der Waals surface area contributed by atoms with Crippen LogP contribution in [0.3, 0.4) is 0 Å². The van der Waals surface area contributed by atoms with Crippen molar-refractivity contribution < 1.29 is 0 Å². The Morgan fingerprint density at radius 1 is 0.722 bits per heavy atom. The summed E-state index contributed by atoms with van der Waals surface area (Å²) in [4.78, 5) is 0. The van der Waals surface area contributed by atoms with Gasteiger partial charge in [0.2, 0.25) is 0 Å². The van der Waals surface area contributed by atoms with Gasteiger partial charge in [-0.1, -0.05) is 43.3 Å². The summed E-state index contributed by atoms with van der Waals surface area (Å²) >= 11 is 4.34. The summed E-state index contributed by atoms with van der Waals surface area (Å²) in [5.41, 5.74) is 2.67. The molecule has 0 aromatic heterocycles. The predicted molar refractivity (Wildman–Crippen MR) is 83.5 cm³/mol. The first kappa shape index (κ1) is 11.6. The Morgan fingerprint density at radius 3 is 1.83 bits per heavy atom. The lowest BCUT2D eigenvalue weighted by Crippen LogP contribution is -1.83. The minimum atomic E-state index is 0.794. The first-order valence-electron chi connectivity index (χ1n) is 6.36. The standard InChI is InChI=1S/C17H16S/c1-2-12-3-5-14-10-17-8-13(11-18)4-6-15(17)9-16(14)7-12/h3-10,18H,2,11H2,1H3. The second kappa shape index (κ2) is 4.66. The van der Waals surface area contributed by atoms with Gasteiger partial charge < -0.3 is 0 Å². The minimum Gasteiger partial charge on any atom is -0.175 e. The van der Waals surface area contributed by atoms with Gasteiger partial charge in [0.15, 0.2) is 0 Å². The van der Waals surface area contributed by atoms with Crippen molar-refractivity contribution in [2.75, 3.05) is 0 Å². The third-order valence-corrected chi connectivity index (χ3v) is 3.88. The maximum atomic E-state index is 4.34. The largest absolute Gasteiger partial charge is 0.175 e. The van der Waals surface area contributed by atoms with Crippen LogP contribution in [0.2, 0.25) is 0 Å². The third-order valence-electron chi connectivity index (χ3n) is 3.52. The van der Waals surface area contributed by atoms with Gasteiger partial charge >= 0.3 is 0 Å².